The van der Waals surface area contributed by atoms with E-state index in [2.05, 4.69) is 27.4 Å². The van der Waals surface area contributed by atoms with Crippen LogP contribution in [0.15, 0.2) is 24.3 Å². The van der Waals surface area contributed by atoms with Crippen LogP contribution < -0.4 is 10.6 Å². The van der Waals surface area contributed by atoms with Gasteiger partial charge >= 0.3 is 0 Å². The van der Waals surface area contributed by atoms with Crippen LogP contribution in [0.3, 0.4) is 0 Å². The van der Waals surface area contributed by atoms with Crippen LogP contribution >= 0.6 is 22.9 Å². The van der Waals surface area contributed by atoms with Gasteiger partial charge in [0.25, 0.3) is 0 Å². The first-order chi connectivity index (χ1) is 21.3. The summed E-state index contributed by atoms with van der Waals surface area (Å²) in [6.45, 7) is 9.30. The van der Waals surface area contributed by atoms with Crippen molar-refractivity contribution >= 4 is 54.7 Å². The molecule has 10 heteroatoms. The molecule has 0 radical (unpaired) electrons. The number of benzene rings is 2. The summed E-state index contributed by atoms with van der Waals surface area (Å²) >= 11 is 7.98. The molecule has 1 atom stereocenters. The Morgan fingerprint density at radius 3 is 2.70 bits per heavy atom. The highest BCUT2D eigenvalue weighted by molar-refractivity contribution is 7.23. The highest BCUT2D eigenvalue weighted by Crippen LogP contribution is 2.71. The zero-order chi connectivity index (χ0) is 30.5. The van der Waals surface area contributed by atoms with Crippen LogP contribution in [0.1, 0.15) is 62.4 Å². The molecule has 1 unspecified atom stereocenters. The minimum absolute atomic E-state index is 0.136. The summed E-state index contributed by atoms with van der Waals surface area (Å²) in [6, 6.07) is 5.71. The molecule has 4 fully saturated rings. The SMILES string of the molecule is C=C1CC2CCCN2C1.CCc1nc2c3c(c(Cl)c(-c4ccc(F)c5sc(N)c(C#N)c45)c(F)c3n1)CCCN2C12CC1C2. The first kappa shape index (κ1) is 28.2. The van der Waals surface area contributed by atoms with Crippen molar-refractivity contribution in [2.45, 2.75) is 69.9 Å². The third-order valence-electron chi connectivity index (χ3n) is 10.4. The minimum atomic E-state index is -0.573. The lowest BCUT2D eigenvalue weighted by atomic mass is 9.93. The van der Waals surface area contributed by atoms with E-state index in [1.54, 1.807) is 0 Å². The molecule has 2 saturated heterocycles. The summed E-state index contributed by atoms with van der Waals surface area (Å²) in [5.41, 5.74) is 9.33. The molecule has 0 bridgehead atoms. The number of fused-ring (bicyclic) bond motifs is 3. The molecule has 44 heavy (non-hydrogen) atoms. The van der Waals surface area contributed by atoms with E-state index >= 15 is 4.39 Å². The molecule has 5 heterocycles. The predicted octanol–water partition coefficient (Wildman–Crippen LogP) is 7.79. The van der Waals surface area contributed by atoms with E-state index in [0.29, 0.717) is 40.9 Å². The average Bonchev–Trinajstić information content (AvgIpc) is 3.72. The standard InChI is InChI=1S/C26H20ClF2N5S.C8H13N/c1-2-16-32-22-19-13(4-3-7-34(25(19)33-16)26-8-11(26)9-26)20(27)18(21(22)29)12-5-6-15(28)23-17(12)14(10-30)24(31)35-23;1-7-5-8-3-2-4-9(8)6-7/h5-6,11H,2-4,7-9,31H2,1H3;8H,1-6H2. The smallest absolute Gasteiger partial charge is 0.158 e. The fourth-order valence-electron chi connectivity index (χ4n) is 7.83. The Morgan fingerprint density at radius 2 is 2.00 bits per heavy atom. The summed E-state index contributed by atoms with van der Waals surface area (Å²) in [7, 11) is 0. The van der Waals surface area contributed by atoms with Gasteiger partial charge in [-0.25, -0.2) is 18.7 Å². The molecule has 3 aliphatic heterocycles. The van der Waals surface area contributed by atoms with Crippen LogP contribution in [0, 0.1) is 28.9 Å². The lowest BCUT2D eigenvalue weighted by Gasteiger charge is -2.27. The first-order valence-corrected chi connectivity index (χ1v) is 16.7. The van der Waals surface area contributed by atoms with Crippen molar-refractivity contribution in [1.29, 1.82) is 5.26 Å². The number of aryl methyl sites for hydroxylation is 2. The molecule has 2 N–H and O–H groups in total. The van der Waals surface area contributed by atoms with Crippen LogP contribution in [-0.4, -0.2) is 46.1 Å². The van der Waals surface area contributed by atoms with E-state index in [9.17, 15) is 9.65 Å². The topological polar surface area (TPSA) is 82.1 Å². The lowest BCUT2D eigenvalue weighted by Crippen LogP contribution is -2.33. The Balaban J connectivity index is 0.000000274. The largest absolute Gasteiger partial charge is 0.389 e. The van der Waals surface area contributed by atoms with Gasteiger partial charge in [-0.15, -0.1) is 11.3 Å². The van der Waals surface area contributed by atoms with E-state index in [1.165, 1.54) is 50.1 Å². The molecular formula is C34H33ClF2N6S. The third-order valence-corrected chi connectivity index (χ3v) is 11.8. The van der Waals surface area contributed by atoms with Gasteiger partial charge in [-0.05, 0) is 74.6 Å². The predicted molar refractivity (Wildman–Crippen MR) is 173 cm³/mol. The Kier molecular flexibility index (Phi) is 6.47. The molecule has 0 spiro atoms. The number of nitrogens with two attached hydrogens (primary N) is 1. The van der Waals surface area contributed by atoms with Gasteiger partial charge in [-0.2, -0.15) is 5.26 Å². The minimum Gasteiger partial charge on any atom is -0.389 e. The van der Waals surface area contributed by atoms with Gasteiger partial charge in [0.05, 0.1) is 20.7 Å². The zero-order valence-corrected chi connectivity index (χ0v) is 26.2. The number of nitriles is 1. The maximum Gasteiger partial charge on any atom is 0.158 e. The number of hydrogen-bond acceptors (Lipinski definition) is 7. The molecule has 5 aliphatic rings. The number of anilines is 2. The van der Waals surface area contributed by atoms with Gasteiger partial charge in [0.15, 0.2) is 5.82 Å². The maximum atomic E-state index is 16.5. The van der Waals surface area contributed by atoms with Gasteiger partial charge in [0, 0.05) is 42.0 Å². The van der Waals surface area contributed by atoms with Crippen LogP contribution in [-0.2, 0) is 12.8 Å². The van der Waals surface area contributed by atoms with Crippen LogP contribution in [0.5, 0.6) is 0 Å². The second-order valence-electron chi connectivity index (χ2n) is 13.0. The average molecular weight is 631 g/mol. The number of rotatable bonds is 3. The van der Waals surface area contributed by atoms with Gasteiger partial charge in [0.1, 0.15) is 34.0 Å². The van der Waals surface area contributed by atoms with E-state index in [4.69, 9.17) is 22.3 Å². The number of hydrogen-bond donors (Lipinski definition) is 1. The molecule has 0 amide bonds. The quantitative estimate of drug-likeness (QED) is 0.233. The van der Waals surface area contributed by atoms with Gasteiger partial charge < -0.3 is 10.6 Å². The summed E-state index contributed by atoms with van der Waals surface area (Å²) in [6.07, 6.45) is 8.52. The van der Waals surface area contributed by atoms with Crippen LogP contribution in [0.2, 0.25) is 5.02 Å². The van der Waals surface area contributed by atoms with Crippen molar-refractivity contribution in [3.63, 3.8) is 0 Å². The summed E-state index contributed by atoms with van der Waals surface area (Å²) in [5, 5.41) is 11.2. The fraction of sp³-hybridized carbons (Fsp3) is 0.441. The van der Waals surface area contributed by atoms with Crippen molar-refractivity contribution < 1.29 is 8.78 Å². The van der Waals surface area contributed by atoms with E-state index in [1.807, 2.05) is 6.92 Å². The van der Waals surface area contributed by atoms with Crippen molar-refractivity contribution in [3.8, 4) is 17.2 Å². The van der Waals surface area contributed by atoms with Crippen molar-refractivity contribution in [1.82, 2.24) is 14.9 Å². The molecule has 4 aromatic rings. The third kappa shape index (κ3) is 4.10. The molecule has 2 aromatic carbocycles. The number of nitrogens with zero attached hydrogens (tertiary/aromatic N) is 5. The highest BCUT2D eigenvalue weighted by Gasteiger charge is 2.73. The van der Waals surface area contributed by atoms with Gasteiger partial charge in [-0.3, -0.25) is 4.90 Å². The van der Waals surface area contributed by atoms with Crippen molar-refractivity contribution in [3.05, 3.63) is 57.9 Å². The number of nitrogen functional groups attached to an aromatic ring is 1. The Hall–Kier alpha value is -3.32. The monoisotopic (exact) mass is 630 g/mol. The molecule has 9 rings (SSSR count). The molecular weight excluding hydrogens is 598 g/mol. The van der Waals surface area contributed by atoms with E-state index in [-0.39, 0.29) is 36.9 Å². The van der Waals surface area contributed by atoms with Crippen molar-refractivity contribution in [2.75, 3.05) is 30.3 Å². The Labute approximate surface area is 264 Å². The molecule has 2 aromatic heterocycles. The summed E-state index contributed by atoms with van der Waals surface area (Å²) < 4.78 is 31.4. The number of aromatic nitrogens is 2. The molecule has 2 aliphatic carbocycles. The molecule has 6 nitrogen and oxygen atoms in total. The van der Waals surface area contributed by atoms with Crippen molar-refractivity contribution in [2.24, 2.45) is 5.92 Å². The first-order valence-electron chi connectivity index (χ1n) is 15.6. The zero-order valence-electron chi connectivity index (χ0n) is 24.7. The summed E-state index contributed by atoms with van der Waals surface area (Å²) in [4.78, 5) is 14.4. The van der Waals surface area contributed by atoms with Gasteiger partial charge in [0.2, 0.25) is 0 Å². The van der Waals surface area contributed by atoms with E-state index < -0.39 is 11.6 Å². The molecule has 2 saturated carbocycles. The lowest BCUT2D eigenvalue weighted by molar-refractivity contribution is 0.327. The van der Waals surface area contributed by atoms with Crippen LogP contribution in [0.25, 0.3) is 32.1 Å². The van der Waals surface area contributed by atoms with E-state index in [0.717, 1.165) is 54.6 Å². The van der Waals surface area contributed by atoms with Gasteiger partial charge in [-0.1, -0.05) is 36.7 Å². The maximum absolute atomic E-state index is 16.5. The normalized spacial score (nSPS) is 25.0. The number of halogens is 3. The Bertz CT molecular complexity index is 1930. The second-order valence-corrected chi connectivity index (χ2v) is 14.4. The fourth-order valence-corrected chi connectivity index (χ4v) is 9.15. The molecule has 226 valence electrons. The summed E-state index contributed by atoms with van der Waals surface area (Å²) in [5.74, 6) is 0.992. The highest BCUT2D eigenvalue weighted by atomic mass is 35.5. The Morgan fingerprint density at radius 1 is 1.20 bits per heavy atom. The van der Waals surface area contributed by atoms with Crippen LogP contribution in [0.4, 0.5) is 19.6 Å². The second kappa shape index (κ2) is 10.1. The number of thiophene rings is 1.